The minimum Gasteiger partial charge on any atom is -0.327 e. The summed E-state index contributed by atoms with van der Waals surface area (Å²) in [5.41, 5.74) is 6.58. The molecule has 1 fully saturated rings. The van der Waals surface area contributed by atoms with E-state index < -0.39 is 29.9 Å². The second-order valence-electron chi connectivity index (χ2n) is 5.71. The standard InChI is InChI=1S/C15H18ClF4N/c16-12-6-5-9(7-13(12)17)8-14(21)10-3-1-2-4-11(10)15(18,19)20/h5-7,10-11,14H,1-4,8,21H2. The molecular weight excluding hydrogens is 306 g/mol. The first-order valence-electron chi connectivity index (χ1n) is 7.05. The van der Waals surface area contributed by atoms with Crippen molar-refractivity contribution in [3.05, 3.63) is 34.6 Å². The Morgan fingerprint density at radius 1 is 1.24 bits per heavy atom. The van der Waals surface area contributed by atoms with Crippen molar-refractivity contribution in [3.8, 4) is 0 Å². The van der Waals surface area contributed by atoms with E-state index in [0.29, 0.717) is 18.4 Å². The molecule has 0 amide bonds. The van der Waals surface area contributed by atoms with Gasteiger partial charge in [-0.05, 0) is 42.9 Å². The maximum Gasteiger partial charge on any atom is 0.392 e. The van der Waals surface area contributed by atoms with Crippen molar-refractivity contribution in [1.82, 2.24) is 0 Å². The molecule has 6 heteroatoms. The SMILES string of the molecule is NC(Cc1ccc(Cl)c(F)c1)C1CCCCC1C(F)(F)F. The molecule has 1 aliphatic rings. The van der Waals surface area contributed by atoms with Crippen molar-refractivity contribution >= 4 is 11.6 Å². The van der Waals surface area contributed by atoms with Crippen molar-refractivity contribution in [3.63, 3.8) is 0 Å². The van der Waals surface area contributed by atoms with E-state index in [1.807, 2.05) is 0 Å². The Morgan fingerprint density at radius 2 is 1.90 bits per heavy atom. The van der Waals surface area contributed by atoms with Gasteiger partial charge >= 0.3 is 6.18 Å². The molecule has 3 unspecified atom stereocenters. The number of hydrogen-bond acceptors (Lipinski definition) is 1. The average Bonchev–Trinajstić information content (AvgIpc) is 2.42. The van der Waals surface area contributed by atoms with Crippen LogP contribution in [0.1, 0.15) is 31.2 Å². The zero-order valence-electron chi connectivity index (χ0n) is 11.5. The smallest absolute Gasteiger partial charge is 0.327 e. The second kappa shape index (κ2) is 6.53. The molecule has 1 aromatic carbocycles. The monoisotopic (exact) mass is 323 g/mol. The zero-order valence-corrected chi connectivity index (χ0v) is 12.2. The lowest BCUT2D eigenvalue weighted by Crippen LogP contribution is -2.44. The fraction of sp³-hybridized carbons (Fsp3) is 0.600. The maximum atomic E-state index is 13.4. The predicted octanol–water partition coefficient (Wildman–Crippen LogP) is 4.72. The molecule has 0 aromatic heterocycles. The molecule has 1 saturated carbocycles. The molecule has 0 spiro atoms. The van der Waals surface area contributed by atoms with Crippen LogP contribution < -0.4 is 5.73 Å². The number of rotatable bonds is 3. The highest BCUT2D eigenvalue weighted by molar-refractivity contribution is 6.30. The molecule has 0 saturated heterocycles. The molecule has 0 radical (unpaired) electrons. The molecule has 118 valence electrons. The normalized spacial score (nSPS) is 24.9. The molecule has 2 N–H and O–H groups in total. The Kier molecular flexibility index (Phi) is 5.15. The number of halogens is 5. The minimum atomic E-state index is -4.21. The van der Waals surface area contributed by atoms with Gasteiger partial charge in [0.05, 0.1) is 10.9 Å². The first kappa shape index (κ1) is 16.6. The molecule has 0 aliphatic heterocycles. The number of nitrogens with two attached hydrogens (primary N) is 1. The molecule has 0 heterocycles. The Bertz CT molecular complexity index is 489. The van der Waals surface area contributed by atoms with Crippen molar-refractivity contribution < 1.29 is 17.6 Å². The van der Waals surface area contributed by atoms with Crippen LogP contribution in [0.15, 0.2) is 18.2 Å². The van der Waals surface area contributed by atoms with Crippen LogP contribution in [0.4, 0.5) is 17.6 Å². The zero-order chi connectivity index (χ0) is 15.6. The fourth-order valence-electron chi connectivity index (χ4n) is 3.17. The average molecular weight is 324 g/mol. The van der Waals surface area contributed by atoms with Crippen LogP contribution in [0.25, 0.3) is 0 Å². The highest BCUT2D eigenvalue weighted by Crippen LogP contribution is 2.43. The third kappa shape index (κ3) is 4.10. The van der Waals surface area contributed by atoms with E-state index in [0.717, 1.165) is 6.42 Å². The van der Waals surface area contributed by atoms with E-state index in [4.69, 9.17) is 17.3 Å². The van der Waals surface area contributed by atoms with E-state index in [-0.39, 0.29) is 17.9 Å². The second-order valence-corrected chi connectivity index (χ2v) is 6.12. The molecule has 21 heavy (non-hydrogen) atoms. The van der Waals surface area contributed by atoms with E-state index in [1.54, 1.807) is 6.07 Å². The van der Waals surface area contributed by atoms with E-state index >= 15 is 0 Å². The summed E-state index contributed by atoms with van der Waals surface area (Å²) in [6.45, 7) is 0. The van der Waals surface area contributed by atoms with Crippen LogP contribution in [-0.4, -0.2) is 12.2 Å². The highest BCUT2D eigenvalue weighted by atomic mass is 35.5. The number of hydrogen-bond donors (Lipinski definition) is 1. The third-order valence-electron chi connectivity index (χ3n) is 4.25. The lowest BCUT2D eigenvalue weighted by Gasteiger charge is -2.36. The van der Waals surface area contributed by atoms with Crippen molar-refractivity contribution in [1.29, 1.82) is 0 Å². The van der Waals surface area contributed by atoms with E-state index in [2.05, 4.69) is 0 Å². The topological polar surface area (TPSA) is 26.0 Å². The van der Waals surface area contributed by atoms with Crippen LogP contribution in [0.3, 0.4) is 0 Å². The molecule has 1 aromatic rings. The van der Waals surface area contributed by atoms with Gasteiger partial charge < -0.3 is 5.73 Å². The molecular formula is C15H18ClF4N. The summed E-state index contributed by atoms with van der Waals surface area (Å²) in [5.74, 6) is -2.52. The molecule has 2 rings (SSSR count). The number of alkyl halides is 3. The van der Waals surface area contributed by atoms with Gasteiger partial charge in [0.1, 0.15) is 5.82 Å². The maximum absolute atomic E-state index is 13.4. The van der Waals surface area contributed by atoms with Gasteiger partial charge in [-0.2, -0.15) is 13.2 Å². The van der Waals surface area contributed by atoms with Crippen molar-refractivity contribution in [2.45, 2.75) is 44.3 Å². The van der Waals surface area contributed by atoms with Gasteiger partial charge in [-0.3, -0.25) is 0 Å². The Hall–Kier alpha value is -0.810. The predicted molar refractivity (Wildman–Crippen MR) is 74.6 cm³/mol. The quantitative estimate of drug-likeness (QED) is 0.800. The minimum absolute atomic E-state index is 0.00171. The largest absolute Gasteiger partial charge is 0.392 e. The Morgan fingerprint density at radius 3 is 2.52 bits per heavy atom. The van der Waals surface area contributed by atoms with Gasteiger partial charge in [0.25, 0.3) is 0 Å². The summed E-state index contributed by atoms with van der Waals surface area (Å²) in [6, 6.07) is 3.63. The Labute approximate surface area is 126 Å². The summed E-state index contributed by atoms with van der Waals surface area (Å²) >= 11 is 5.59. The van der Waals surface area contributed by atoms with Gasteiger partial charge in [-0.25, -0.2) is 4.39 Å². The summed E-state index contributed by atoms with van der Waals surface area (Å²) in [7, 11) is 0. The molecule has 0 bridgehead atoms. The highest BCUT2D eigenvalue weighted by Gasteiger charge is 2.47. The van der Waals surface area contributed by atoms with Crippen LogP contribution in [0, 0.1) is 17.7 Å². The van der Waals surface area contributed by atoms with E-state index in [1.165, 1.54) is 12.1 Å². The Balaban J connectivity index is 2.10. The van der Waals surface area contributed by atoms with Gasteiger partial charge in [0.15, 0.2) is 0 Å². The first-order valence-corrected chi connectivity index (χ1v) is 7.43. The summed E-state index contributed by atoms with van der Waals surface area (Å²) in [4.78, 5) is 0. The number of benzene rings is 1. The van der Waals surface area contributed by atoms with Crippen LogP contribution in [0.5, 0.6) is 0 Å². The summed E-state index contributed by atoms with van der Waals surface area (Å²) in [5, 5.41) is -0.00171. The molecule has 1 aliphatic carbocycles. The van der Waals surface area contributed by atoms with Gasteiger partial charge in [-0.15, -0.1) is 0 Å². The third-order valence-corrected chi connectivity index (χ3v) is 4.55. The molecule has 1 nitrogen and oxygen atoms in total. The van der Waals surface area contributed by atoms with Gasteiger partial charge in [0.2, 0.25) is 0 Å². The first-order chi connectivity index (χ1) is 9.79. The summed E-state index contributed by atoms with van der Waals surface area (Å²) < 4.78 is 52.6. The van der Waals surface area contributed by atoms with Crippen molar-refractivity contribution in [2.24, 2.45) is 17.6 Å². The fourth-order valence-corrected chi connectivity index (χ4v) is 3.29. The van der Waals surface area contributed by atoms with Crippen LogP contribution in [-0.2, 0) is 6.42 Å². The lowest BCUT2D eigenvalue weighted by molar-refractivity contribution is -0.198. The van der Waals surface area contributed by atoms with Gasteiger partial charge in [-0.1, -0.05) is 30.5 Å². The lowest BCUT2D eigenvalue weighted by atomic mass is 9.73. The van der Waals surface area contributed by atoms with Crippen molar-refractivity contribution in [2.75, 3.05) is 0 Å². The van der Waals surface area contributed by atoms with E-state index in [9.17, 15) is 17.6 Å². The van der Waals surface area contributed by atoms with Crippen LogP contribution >= 0.6 is 11.6 Å². The van der Waals surface area contributed by atoms with Gasteiger partial charge in [0, 0.05) is 6.04 Å². The van der Waals surface area contributed by atoms with Crippen LogP contribution in [0.2, 0.25) is 5.02 Å². The molecule has 3 atom stereocenters. The summed E-state index contributed by atoms with van der Waals surface area (Å²) in [6.07, 6.45) is -2.03.